The number of amides is 1. The van der Waals surface area contributed by atoms with Crippen LogP contribution in [0.25, 0.3) is 22.7 Å². The van der Waals surface area contributed by atoms with Gasteiger partial charge in [-0.2, -0.15) is 0 Å². The Kier molecular flexibility index (Phi) is 5.06. The van der Waals surface area contributed by atoms with Crippen LogP contribution >= 0.6 is 0 Å². The second-order valence-electron chi connectivity index (χ2n) is 6.52. The summed E-state index contributed by atoms with van der Waals surface area (Å²) in [6, 6.07) is 19.5. The molecular formula is C23H21N3O2. The van der Waals surface area contributed by atoms with Crippen LogP contribution in [0.15, 0.2) is 71.3 Å². The number of aromatic nitrogens is 2. The van der Waals surface area contributed by atoms with Crippen LogP contribution in [-0.4, -0.2) is 15.9 Å². The molecule has 28 heavy (non-hydrogen) atoms. The van der Waals surface area contributed by atoms with Crippen LogP contribution in [0.1, 0.15) is 29.6 Å². The molecule has 140 valence electrons. The largest absolute Gasteiger partial charge is 0.467 e. The van der Waals surface area contributed by atoms with Crippen LogP contribution < -0.4 is 5.32 Å². The third-order valence-corrected chi connectivity index (χ3v) is 4.59. The Bertz CT molecular complexity index is 1070. The average molecular weight is 371 g/mol. The van der Waals surface area contributed by atoms with E-state index in [1.54, 1.807) is 12.3 Å². The van der Waals surface area contributed by atoms with Crippen LogP contribution in [0, 0.1) is 0 Å². The van der Waals surface area contributed by atoms with E-state index in [9.17, 15) is 4.79 Å². The second kappa shape index (κ2) is 7.96. The lowest BCUT2D eigenvalue weighted by Gasteiger charge is -2.07. The maximum absolute atomic E-state index is 13.0. The van der Waals surface area contributed by atoms with E-state index in [2.05, 4.69) is 34.3 Å². The number of imidazole rings is 1. The molecule has 4 aromatic rings. The van der Waals surface area contributed by atoms with E-state index >= 15 is 0 Å². The van der Waals surface area contributed by atoms with E-state index < -0.39 is 0 Å². The van der Waals surface area contributed by atoms with Gasteiger partial charge in [-0.25, -0.2) is 4.98 Å². The van der Waals surface area contributed by atoms with Crippen molar-refractivity contribution < 1.29 is 9.21 Å². The van der Waals surface area contributed by atoms with Crippen LogP contribution in [-0.2, 0) is 17.8 Å². The van der Waals surface area contributed by atoms with Gasteiger partial charge >= 0.3 is 0 Å². The summed E-state index contributed by atoms with van der Waals surface area (Å²) in [5.41, 5.74) is 4.39. The summed E-state index contributed by atoms with van der Waals surface area (Å²) in [5, 5.41) is 2.91. The van der Waals surface area contributed by atoms with Gasteiger partial charge in [0.1, 0.15) is 11.6 Å². The fraction of sp³-hybridized carbons (Fsp3) is 0.130. The molecule has 0 bridgehead atoms. The summed E-state index contributed by atoms with van der Waals surface area (Å²) < 4.78 is 5.30. The molecule has 2 aromatic heterocycles. The number of benzene rings is 2. The molecule has 5 heteroatoms. The minimum absolute atomic E-state index is 0.213. The topological polar surface area (TPSA) is 70.9 Å². The predicted octanol–water partition coefficient (Wildman–Crippen LogP) is 4.58. The lowest BCUT2D eigenvalue weighted by atomic mass is 10.1. The first-order valence-corrected chi connectivity index (χ1v) is 9.29. The Hall–Kier alpha value is -3.60. The number of rotatable bonds is 6. The highest BCUT2D eigenvalue weighted by atomic mass is 16.3. The molecular weight excluding hydrogens is 350 g/mol. The summed E-state index contributed by atoms with van der Waals surface area (Å²) in [6.45, 7) is 2.44. The minimum atomic E-state index is -0.213. The van der Waals surface area contributed by atoms with Gasteiger partial charge in [-0.3, -0.25) is 4.79 Å². The molecule has 0 saturated carbocycles. The summed E-state index contributed by atoms with van der Waals surface area (Å²) >= 11 is 0. The summed E-state index contributed by atoms with van der Waals surface area (Å²) in [4.78, 5) is 20.8. The fourth-order valence-electron chi connectivity index (χ4n) is 3.01. The zero-order valence-corrected chi connectivity index (χ0v) is 15.6. The van der Waals surface area contributed by atoms with Gasteiger partial charge in [0, 0.05) is 0 Å². The molecule has 2 heterocycles. The number of aryl methyl sites for hydroxylation is 1. The normalized spacial score (nSPS) is 11.7. The molecule has 0 aliphatic rings. The highest BCUT2D eigenvalue weighted by Gasteiger charge is 2.16. The third kappa shape index (κ3) is 3.88. The molecule has 0 spiro atoms. The maximum Gasteiger partial charge on any atom is 0.255 e. The van der Waals surface area contributed by atoms with Crippen LogP contribution in [0.2, 0.25) is 0 Å². The maximum atomic E-state index is 13.0. The summed E-state index contributed by atoms with van der Waals surface area (Å²) in [7, 11) is 0. The van der Waals surface area contributed by atoms with Crippen molar-refractivity contribution in [2.24, 2.45) is 0 Å². The first kappa shape index (κ1) is 17.8. The number of para-hydroxylation sites is 2. The third-order valence-electron chi connectivity index (χ3n) is 4.59. The Morgan fingerprint density at radius 1 is 1.11 bits per heavy atom. The number of carbonyl (C=O) groups is 1. The molecule has 0 atom stereocenters. The van der Waals surface area contributed by atoms with Crippen molar-refractivity contribution in [3.8, 4) is 0 Å². The van der Waals surface area contributed by atoms with Gasteiger partial charge in [-0.1, -0.05) is 43.3 Å². The first-order valence-electron chi connectivity index (χ1n) is 9.29. The van der Waals surface area contributed by atoms with Crippen LogP contribution in [0.5, 0.6) is 0 Å². The molecule has 4 rings (SSSR count). The van der Waals surface area contributed by atoms with Gasteiger partial charge < -0.3 is 14.7 Å². The van der Waals surface area contributed by atoms with Crippen molar-refractivity contribution in [3.05, 3.63) is 89.6 Å². The number of H-pyrrole nitrogens is 1. The number of hydrogen-bond donors (Lipinski definition) is 2. The van der Waals surface area contributed by atoms with Crippen molar-refractivity contribution >= 4 is 28.6 Å². The zero-order valence-electron chi connectivity index (χ0n) is 15.6. The Labute approximate surface area is 163 Å². The SMILES string of the molecule is CCc1ccc(C=C(C(=O)NCc2ccco2)c2nc3ccccc3[nH]2)cc1. The van der Waals surface area contributed by atoms with Crippen molar-refractivity contribution in [1.29, 1.82) is 0 Å². The number of hydrogen-bond acceptors (Lipinski definition) is 3. The Morgan fingerprint density at radius 3 is 2.64 bits per heavy atom. The van der Waals surface area contributed by atoms with Crippen molar-refractivity contribution in [3.63, 3.8) is 0 Å². The monoisotopic (exact) mass is 371 g/mol. The van der Waals surface area contributed by atoms with Gasteiger partial charge in [0.05, 0.1) is 29.4 Å². The second-order valence-corrected chi connectivity index (χ2v) is 6.52. The lowest BCUT2D eigenvalue weighted by molar-refractivity contribution is -0.115. The van der Waals surface area contributed by atoms with E-state index in [1.807, 2.05) is 48.5 Å². The van der Waals surface area contributed by atoms with Crippen molar-refractivity contribution in [2.75, 3.05) is 0 Å². The number of nitrogens with one attached hydrogen (secondary N) is 2. The van der Waals surface area contributed by atoms with Gasteiger partial charge in [-0.15, -0.1) is 0 Å². The predicted molar refractivity (Wildman–Crippen MR) is 110 cm³/mol. The molecule has 2 aromatic carbocycles. The Balaban J connectivity index is 1.68. The first-order chi connectivity index (χ1) is 13.7. The summed E-state index contributed by atoms with van der Waals surface area (Å²) in [6.07, 6.45) is 4.42. The quantitative estimate of drug-likeness (QED) is 0.488. The van der Waals surface area contributed by atoms with E-state index in [-0.39, 0.29) is 5.91 Å². The smallest absolute Gasteiger partial charge is 0.255 e. The lowest BCUT2D eigenvalue weighted by Crippen LogP contribution is -2.24. The van der Waals surface area contributed by atoms with E-state index in [4.69, 9.17) is 4.42 Å². The van der Waals surface area contributed by atoms with E-state index in [0.29, 0.717) is 23.7 Å². The standard InChI is InChI=1S/C23H21N3O2/c1-2-16-9-11-17(12-10-16)14-19(23(27)24-15-18-6-5-13-28-18)22-25-20-7-3-4-8-21(20)26-22/h3-14H,2,15H2,1H3,(H,24,27)(H,25,26). The zero-order chi connectivity index (χ0) is 19.3. The molecule has 0 radical (unpaired) electrons. The van der Waals surface area contributed by atoms with Crippen LogP contribution in [0.4, 0.5) is 0 Å². The highest BCUT2D eigenvalue weighted by Crippen LogP contribution is 2.20. The molecule has 0 unspecified atom stereocenters. The van der Waals surface area contributed by atoms with E-state index in [0.717, 1.165) is 23.0 Å². The number of furan rings is 1. The fourth-order valence-corrected chi connectivity index (χ4v) is 3.01. The molecule has 5 nitrogen and oxygen atoms in total. The molecule has 2 N–H and O–H groups in total. The number of carbonyl (C=O) groups excluding carboxylic acids is 1. The minimum Gasteiger partial charge on any atom is -0.467 e. The molecule has 0 fully saturated rings. The Morgan fingerprint density at radius 2 is 1.93 bits per heavy atom. The molecule has 0 saturated heterocycles. The highest BCUT2D eigenvalue weighted by molar-refractivity contribution is 6.23. The van der Waals surface area contributed by atoms with E-state index in [1.165, 1.54) is 5.56 Å². The molecule has 1 amide bonds. The summed E-state index contributed by atoms with van der Waals surface area (Å²) in [5.74, 6) is 1.03. The number of fused-ring (bicyclic) bond motifs is 1. The molecule has 0 aliphatic heterocycles. The van der Waals surface area contributed by atoms with Gasteiger partial charge in [0.25, 0.3) is 5.91 Å². The van der Waals surface area contributed by atoms with Crippen molar-refractivity contribution in [2.45, 2.75) is 19.9 Å². The molecule has 0 aliphatic carbocycles. The van der Waals surface area contributed by atoms with Gasteiger partial charge in [-0.05, 0) is 47.9 Å². The average Bonchev–Trinajstić information content (AvgIpc) is 3.40. The number of nitrogens with zero attached hydrogens (tertiary/aromatic N) is 1. The van der Waals surface area contributed by atoms with Gasteiger partial charge in [0.2, 0.25) is 0 Å². The number of aromatic amines is 1. The van der Waals surface area contributed by atoms with Gasteiger partial charge in [0.15, 0.2) is 0 Å². The van der Waals surface area contributed by atoms with Crippen LogP contribution in [0.3, 0.4) is 0 Å². The van der Waals surface area contributed by atoms with Crippen molar-refractivity contribution in [1.82, 2.24) is 15.3 Å².